The maximum atomic E-state index is 11.1. The molecule has 5 N–H and O–H groups in total. The van der Waals surface area contributed by atoms with Crippen LogP contribution in [0, 0.1) is 6.92 Å². The summed E-state index contributed by atoms with van der Waals surface area (Å²) < 4.78 is 0. The summed E-state index contributed by atoms with van der Waals surface area (Å²) in [7, 11) is 0. The van der Waals surface area contributed by atoms with E-state index in [4.69, 9.17) is 34.8 Å². The molecule has 0 aliphatic carbocycles. The molecule has 15 aromatic rings. The fraction of sp³-hybridized carbons (Fsp3) is 0.388. The zero-order valence-corrected chi connectivity index (χ0v) is 77.3. The van der Waals surface area contributed by atoms with Gasteiger partial charge in [0.05, 0.1) is 0 Å². The molecule has 0 unspecified atom stereocenters. The Bertz CT molecular complexity index is 6230. The molecule has 0 saturated heterocycles. The molecule has 20 nitrogen and oxygen atoms in total. The average molecular weight is 1690 g/mol. The number of rotatable bonds is 11. The first-order valence-electron chi connectivity index (χ1n) is 41.4. The van der Waals surface area contributed by atoms with Crippen LogP contribution in [-0.4, -0.2) is 101 Å². The Morgan fingerprint density at radius 2 is 0.521 bits per heavy atom. The first-order chi connectivity index (χ1) is 56.3. The summed E-state index contributed by atoms with van der Waals surface area (Å²) in [5.74, 6) is 1.17. The molecule has 5 aromatic heterocycles. The second-order valence-electron chi connectivity index (χ2n) is 38.9. The van der Waals surface area contributed by atoms with E-state index in [9.17, 15) is 25.5 Å². The smallest absolute Gasteiger partial charge is 0.146 e. The SMILES string of the molecule is CC(C)(C)c1cc(-n2nc3ccc(Cl)cc3n2)c(O)c(C(C)(C)C)c1.CC(C)(C)c1cc(-n2nc3ccccc3n2)c(O)c(C(C)(C)C)c1.CCC(C)(C)c1cc(-n2nc3ccccc3n2)c(O)c(C(C)(C)CC)c1.CCCc1cc(-n2nc3ccc(Cl)cc3n2)c(O)c(C(C)(C)C)c1.Cc1cc(-n2nc3ccc(Cl)cc3n2)c(O)c(C(C)(C)C)c1. The molecular formula is C98H118Cl3N15O5. The Balaban J connectivity index is 0.000000148. The van der Waals surface area contributed by atoms with Gasteiger partial charge in [0, 0.05) is 42.9 Å². The highest BCUT2D eigenvalue weighted by molar-refractivity contribution is 6.32. The summed E-state index contributed by atoms with van der Waals surface area (Å²) >= 11 is 18.1. The van der Waals surface area contributed by atoms with Gasteiger partial charge in [-0.25, -0.2) is 0 Å². The molecule has 0 radical (unpaired) electrons. The van der Waals surface area contributed by atoms with Crippen LogP contribution in [0.5, 0.6) is 28.7 Å². The molecule has 15 rings (SSSR count). The predicted molar refractivity (Wildman–Crippen MR) is 495 cm³/mol. The van der Waals surface area contributed by atoms with Crippen molar-refractivity contribution in [2.75, 3.05) is 0 Å². The lowest BCUT2D eigenvalue weighted by Crippen LogP contribution is -2.21. The van der Waals surface area contributed by atoms with E-state index in [1.54, 1.807) is 46.0 Å². The van der Waals surface area contributed by atoms with Crippen molar-refractivity contribution in [1.82, 2.24) is 75.0 Å². The van der Waals surface area contributed by atoms with Crippen LogP contribution in [0.2, 0.25) is 15.1 Å². The minimum absolute atomic E-state index is 0.00754. The van der Waals surface area contributed by atoms with E-state index in [1.165, 1.54) is 25.5 Å². The lowest BCUT2D eigenvalue weighted by molar-refractivity contribution is 0.420. The Labute approximate surface area is 726 Å². The molecule has 0 aliphatic rings. The summed E-state index contributed by atoms with van der Waals surface area (Å²) in [6.07, 6.45) is 3.93. The fourth-order valence-electron chi connectivity index (χ4n) is 13.9. The number of benzene rings is 10. The van der Waals surface area contributed by atoms with Crippen molar-refractivity contribution < 1.29 is 25.5 Å². The number of phenols is 5. The topological polar surface area (TPSA) is 255 Å². The summed E-state index contributed by atoms with van der Waals surface area (Å²) in [5, 5.41) is 101. The van der Waals surface area contributed by atoms with E-state index in [0.29, 0.717) is 60.1 Å². The second kappa shape index (κ2) is 34.5. The van der Waals surface area contributed by atoms with Crippen molar-refractivity contribution >= 4 is 90.0 Å². The maximum Gasteiger partial charge on any atom is 0.146 e. The van der Waals surface area contributed by atoms with Crippen LogP contribution in [0.1, 0.15) is 248 Å². The zero-order chi connectivity index (χ0) is 88.9. The lowest BCUT2D eigenvalue weighted by Gasteiger charge is -2.30. The Kier molecular flexibility index (Phi) is 25.9. The molecule has 10 aromatic carbocycles. The summed E-state index contributed by atoms with van der Waals surface area (Å²) in [6, 6.07) is 51.9. The van der Waals surface area contributed by atoms with Crippen molar-refractivity contribution in [2.24, 2.45) is 0 Å². The molecule has 0 amide bonds. The number of hydrogen-bond donors (Lipinski definition) is 5. The van der Waals surface area contributed by atoms with Crippen LogP contribution in [-0.2, 0) is 49.7 Å². The number of aromatic nitrogens is 15. The monoisotopic (exact) mass is 1690 g/mol. The highest BCUT2D eigenvalue weighted by Gasteiger charge is 2.33. The van der Waals surface area contributed by atoms with Gasteiger partial charge in [-0.15, -0.1) is 75.0 Å². The molecule has 0 saturated carbocycles. The van der Waals surface area contributed by atoms with Crippen molar-refractivity contribution in [3.8, 4) is 57.2 Å². The van der Waals surface area contributed by atoms with E-state index in [0.717, 1.165) is 109 Å². The molecule has 0 aliphatic heterocycles. The van der Waals surface area contributed by atoms with Crippen LogP contribution < -0.4 is 0 Å². The third-order valence-corrected chi connectivity index (χ3v) is 22.8. The molecule has 0 fully saturated rings. The fourth-order valence-corrected chi connectivity index (χ4v) is 14.4. The first-order valence-corrected chi connectivity index (χ1v) is 42.5. The standard InChI is InChI=1S/C22H29N3O.C20H24ClN3O.C20H25N3O.C19H22ClN3O.C17H18ClN3O/c1-7-21(3,4)15-13-16(22(5,6)8-2)20(26)19(14-15)25-23-17-11-9-10-12-18(17)24-25;1-19(2,3)12-9-14(20(4,5)6)18(25)17(10-12)24-22-15-8-7-13(21)11-16(15)23-24;1-19(2,3)13-11-14(20(4,5)6)18(24)17(12-13)23-21-15-9-7-8-10-16(15)22-23;1-5-6-12-9-14(19(2,3)4)18(24)17(10-12)23-21-15-8-7-13(20)11-16(15)22-23;1-10-7-12(17(2,3)4)16(22)15(8-10)21-19-13-6-5-11(18)9-14(13)20-21/h9-14,26H,7-8H2,1-6H3;7-11,25H,1-6H3;7-12,24H,1-6H3;7-11,24H,5-6H2,1-4H3;5-9,22H,1-4H3. The summed E-state index contributed by atoms with van der Waals surface area (Å²) in [4.78, 5) is 7.60. The second-order valence-corrected chi connectivity index (χ2v) is 40.2. The van der Waals surface area contributed by atoms with Crippen LogP contribution in [0.25, 0.3) is 83.6 Å². The minimum atomic E-state index is -0.198. The van der Waals surface area contributed by atoms with Gasteiger partial charge in [-0.2, -0.15) is 0 Å². The molecule has 23 heteroatoms. The van der Waals surface area contributed by atoms with Gasteiger partial charge in [0.2, 0.25) is 0 Å². The van der Waals surface area contributed by atoms with Crippen LogP contribution in [0.4, 0.5) is 0 Å². The zero-order valence-electron chi connectivity index (χ0n) is 75.0. The van der Waals surface area contributed by atoms with E-state index in [2.05, 4.69) is 248 Å². The van der Waals surface area contributed by atoms with Gasteiger partial charge in [-0.3, -0.25) is 0 Å². The number of fused-ring (bicyclic) bond motifs is 5. The van der Waals surface area contributed by atoms with Crippen molar-refractivity contribution in [1.29, 1.82) is 0 Å². The molecule has 636 valence electrons. The quantitative estimate of drug-likeness (QED) is 0.0807. The van der Waals surface area contributed by atoms with Crippen LogP contribution >= 0.6 is 34.8 Å². The van der Waals surface area contributed by atoms with Crippen molar-refractivity contribution in [3.63, 3.8) is 0 Å². The molecular weight excluding hydrogens is 1570 g/mol. The van der Waals surface area contributed by atoms with Gasteiger partial charge >= 0.3 is 0 Å². The van der Waals surface area contributed by atoms with Gasteiger partial charge in [0.25, 0.3) is 0 Å². The van der Waals surface area contributed by atoms with Crippen LogP contribution in [0.15, 0.2) is 164 Å². The van der Waals surface area contributed by atoms with Crippen LogP contribution in [0.3, 0.4) is 0 Å². The lowest BCUT2D eigenvalue weighted by atomic mass is 9.76. The largest absolute Gasteiger partial charge is 0.505 e. The highest BCUT2D eigenvalue weighted by atomic mass is 35.5. The van der Waals surface area contributed by atoms with Gasteiger partial charge in [-0.1, -0.05) is 269 Å². The van der Waals surface area contributed by atoms with Gasteiger partial charge in [0.1, 0.15) is 112 Å². The summed E-state index contributed by atoms with van der Waals surface area (Å²) in [5.41, 5.74) is 20.0. The molecule has 121 heavy (non-hydrogen) atoms. The number of halogens is 3. The molecule has 0 spiro atoms. The first kappa shape index (κ1) is 90.8. The van der Waals surface area contributed by atoms with Gasteiger partial charge < -0.3 is 25.5 Å². The molecule has 0 bridgehead atoms. The number of hydrogen-bond acceptors (Lipinski definition) is 15. The van der Waals surface area contributed by atoms with Gasteiger partial charge in [0.15, 0.2) is 0 Å². The third-order valence-electron chi connectivity index (χ3n) is 22.1. The number of aromatic hydroxyl groups is 5. The third kappa shape index (κ3) is 20.5. The van der Waals surface area contributed by atoms with E-state index >= 15 is 0 Å². The van der Waals surface area contributed by atoms with E-state index in [-0.39, 0.29) is 72.1 Å². The number of aryl methyl sites for hydroxylation is 2. The molecule has 0 atom stereocenters. The number of phenolic OH excluding ortho intramolecular Hbond substituents is 5. The maximum absolute atomic E-state index is 11.1. The van der Waals surface area contributed by atoms with Crippen molar-refractivity contribution in [3.05, 3.63) is 234 Å². The van der Waals surface area contributed by atoms with Crippen molar-refractivity contribution in [2.45, 2.75) is 249 Å². The average Bonchev–Trinajstić information content (AvgIpc) is 1.75. The minimum Gasteiger partial charge on any atom is -0.505 e. The Morgan fingerprint density at radius 3 is 0.818 bits per heavy atom. The predicted octanol–water partition coefficient (Wildman–Crippen LogP) is 25.0. The summed E-state index contributed by atoms with van der Waals surface area (Å²) in [6.45, 7) is 55.3. The Hall–Kier alpha value is -10.9. The molecule has 5 heterocycles. The van der Waals surface area contributed by atoms with Gasteiger partial charge in [-0.05, 0) is 207 Å². The number of nitrogens with zero attached hydrogens (tertiary/aromatic N) is 15. The normalized spacial score (nSPS) is 12.5. The Morgan fingerprint density at radius 1 is 0.264 bits per heavy atom. The van der Waals surface area contributed by atoms with E-state index < -0.39 is 0 Å². The highest BCUT2D eigenvalue weighted by Crippen LogP contribution is 2.45. The van der Waals surface area contributed by atoms with E-state index in [1.807, 2.05) is 110 Å².